The van der Waals surface area contributed by atoms with Gasteiger partial charge in [-0.05, 0) is 23.2 Å². The van der Waals surface area contributed by atoms with Gasteiger partial charge in [0, 0.05) is 5.75 Å². The standard InChI is InChI=1S/C11H17BO2S/c1-2-3-8-15-9-10-6-4-5-7-11(10)12(13)14/h4-7,13-14H,2-3,8-9H2,1H3. The molecule has 0 saturated carbocycles. The van der Waals surface area contributed by atoms with Gasteiger partial charge in [-0.1, -0.05) is 37.6 Å². The molecule has 0 atom stereocenters. The van der Waals surface area contributed by atoms with Gasteiger partial charge in [0.25, 0.3) is 0 Å². The fourth-order valence-electron chi connectivity index (χ4n) is 1.35. The van der Waals surface area contributed by atoms with E-state index < -0.39 is 7.12 Å². The third kappa shape index (κ3) is 4.28. The summed E-state index contributed by atoms with van der Waals surface area (Å²) in [5, 5.41) is 18.3. The molecule has 1 aromatic carbocycles. The molecular weight excluding hydrogens is 207 g/mol. The number of benzene rings is 1. The van der Waals surface area contributed by atoms with Crippen molar-refractivity contribution in [3.8, 4) is 0 Å². The van der Waals surface area contributed by atoms with E-state index in [0.717, 1.165) is 17.1 Å². The van der Waals surface area contributed by atoms with Crippen molar-refractivity contribution in [3.63, 3.8) is 0 Å². The molecule has 82 valence electrons. The van der Waals surface area contributed by atoms with E-state index in [4.69, 9.17) is 10.0 Å². The van der Waals surface area contributed by atoms with E-state index in [1.807, 2.05) is 30.0 Å². The second-order valence-corrected chi connectivity index (χ2v) is 4.58. The molecule has 2 nitrogen and oxygen atoms in total. The lowest BCUT2D eigenvalue weighted by Gasteiger charge is -2.07. The van der Waals surface area contributed by atoms with Crippen LogP contribution in [0.1, 0.15) is 25.3 Å². The average molecular weight is 224 g/mol. The average Bonchev–Trinajstić information content (AvgIpc) is 2.25. The highest BCUT2D eigenvalue weighted by molar-refractivity contribution is 7.98. The second kappa shape index (κ2) is 6.93. The van der Waals surface area contributed by atoms with Gasteiger partial charge in [0.05, 0.1) is 0 Å². The van der Waals surface area contributed by atoms with E-state index in [1.165, 1.54) is 12.8 Å². The number of unbranched alkanes of at least 4 members (excludes halogenated alkanes) is 1. The molecule has 0 amide bonds. The predicted molar refractivity (Wildman–Crippen MR) is 67.3 cm³/mol. The molecule has 0 heterocycles. The summed E-state index contributed by atoms with van der Waals surface area (Å²) in [6.07, 6.45) is 2.42. The maximum Gasteiger partial charge on any atom is 0.488 e. The van der Waals surface area contributed by atoms with Gasteiger partial charge in [-0.2, -0.15) is 11.8 Å². The van der Waals surface area contributed by atoms with Crippen LogP contribution in [0.3, 0.4) is 0 Å². The van der Waals surface area contributed by atoms with Crippen LogP contribution < -0.4 is 5.46 Å². The van der Waals surface area contributed by atoms with Crippen molar-refractivity contribution in [1.82, 2.24) is 0 Å². The first-order chi connectivity index (χ1) is 7.25. The van der Waals surface area contributed by atoms with Gasteiger partial charge in [0.1, 0.15) is 0 Å². The van der Waals surface area contributed by atoms with Gasteiger partial charge >= 0.3 is 7.12 Å². The molecule has 0 unspecified atom stereocenters. The van der Waals surface area contributed by atoms with Crippen LogP contribution in [0.5, 0.6) is 0 Å². The number of hydrogen-bond donors (Lipinski definition) is 2. The fourth-order valence-corrected chi connectivity index (χ4v) is 2.47. The lowest BCUT2D eigenvalue weighted by molar-refractivity contribution is 0.425. The van der Waals surface area contributed by atoms with Gasteiger partial charge in [-0.15, -0.1) is 0 Å². The van der Waals surface area contributed by atoms with Gasteiger partial charge < -0.3 is 10.0 Å². The summed E-state index contributed by atoms with van der Waals surface area (Å²) in [7, 11) is -1.35. The zero-order chi connectivity index (χ0) is 11.1. The van der Waals surface area contributed by atoms with Crippen molar-refractivity contribution >= 4 is 24.3 Å². The van der Waals surface area contributed by atoms with E-state index in [0.29, 0.717) is 5.46 Å². The lowest BCUT2D eigenvalue weighted by atomic mass is 9.77. The third-order valence-electron chi connectivity index (χ3n) is 2.23. The van der Waals surface area contributed by atoms with E-state index >= 15 is 0 Å². The Morgan fingerprint density at radius 3 is 2.67 bits per heavy atom. The molecule has 0 aliphatic heterocycles. The molecule has 0 saturated heterocycles. The molecule has 1 aromatic rings. The van der Waals surface area contributed by atoms with Crippen LogP contribution in [-0.2, 0) is 5.75 Å². The summed E-state index contributed by atoms with van der Waals surface area (Å²) in [5.74, 6) is 1.99. The molecule has 1 rings (SSSR count). The number of rotatable bonds is 6. The molecule has 0 radical (unpaired) electrons. The van der Waals surface area contributed by atoms with Crippen LogP contribution in [0, 0.1) is 0 Å². The zero-order valence-corrected chi connectivity index (χ0v) is 9.83. The van der Waals surface area contributed by atoms with Crippen molar-refractivity contribution in [3.05, 3.63) is 29.8 Å². The molecule has 0 aliphatic carbocycles. The van der Waals surface area contributed by atoms with Crippen molar-refractivity contribution in [2.24, 2.45) is 0 Å². The Hall–Kier alpha value is -0.445. The fraction of sp³-hybridized carbons (Fsp3) is 0.455. The van der Waals surface area contributed by atoms with Crippen molar-refractivity contribution in [2.75, 3.05) is 5.75 Å². The minimum absolute atomic E-state index is 0.626. The summed E-state index contributed by atoms with van der Waals surface area (Å²) < 4.78 is 0. The highest BCUT2D eigenvalue weighted by Crippen LogP contribution is 2.12. The number of thioether (sulfide) groups is 1. The van der Waals surface area contributed by atoms with E-state index in [1.54, 1.807) is 6.07 Å². The summed E-state index contributed by atoms with van der Waals surface area (Å²) in [4.78, 5) is 0. The van der Waals surface area contributed by atoms with Crippen molar-refractivity contribution < 1.29 is 10.0 Å². The second-order valence-electron chi connectivity index (χ2n) is 3.48. The van der Waals surface area contributed by atoms with E-state index in [-0.39, 0.29) is 0 Å². The summed E-state index contributed by atoms with van der Waals surface area (Å²) >= 11 is 1.84. The molecule has 15 heavy (non-hydrogen) atoms. The van der Waals surface area contributed by atoms with Crippen molar-refractivity contribution in [2.45, 2.75) is 25.5 Å². The third-order valence-corrected chi connectivity index (χ3v) is 3.33. The first-order valence-corrected chi connectivity index (χ1v) is 6.43. The topological polar surface area (TPSA) is 40.5 Å². The molecule has 0 bridgehead atoms. The summed E-state index contributed by atoms with van der Waals surface area (Å²) in [5.41, 5.74) is 1.65. The van der Waals surface area contributed by atoms with Crippen LogP contribution in [0.2, 0.25) is 0 Å². The highest BCUT2D eigenvalue weighted by atomic mass is 32.2. The first kappa shape index (κ1) is 12.6. The van der Waals surface area contributed by atoms with Crippen LogP contribution in [0.25, 0.3) is 0 Å². The van der Waals surface area contributed by atoms with Crippen LogP contribution in [0.15, 0.2) is 24.3 Å². The van der Waals surface area contributed by atoms with E-state index in [9.17, 15) is 0 Å². The molecule has 0 aromatic heterocycles. The van der Waals surface area contributed by atoms with Gasteiger partial charge in [0.2, 0.25) is 0 Å². The van der Waals surface area contributed by atoms with Crippen LogP contribution in [0.4, 0.5) is 0 Å². The maximum absolute atomic E-state index is 9.15. The normalized spacial score (nSPS) is 10.3. The lowest BCUT2D eigenvalue weighted by Crippen LogP contribution is -2.32. The maximum atomic E-state index is 9.15. The Bertz CT molecular complexity index is 292. The van der Waals surface area contributed by atoms with Gasteiger partial charge in [-0.3, -0.25) is 0 Å². The Kier molecular flexibility index (Phi) is 5.83. The molecule has 0 aliphatic rings. The smallest absolute Gasteiger partial charge is 0.423 e. The van der Waals surface area contributed by atoms with Crippen LogP contribution >= 0.6 is 11.8 Å². The molecule has 0 spiro atoms. The molecular formula is C11H17BO2S. The Balaban J connectivity index is 2.52. The highest BCUT2D eigenvalue weighted by Gasteiger charge is 2.14. The SMILES string of the molecule is CCCCSCc1ccccc1B(O)O. The Labute approximate surface area is 95.9 Å². The van der Waals surface area contributed by atoms with Gasteiger partial charge in [-0.25, -0.2) is 0 Å². The molecule has 2 N–H and O–H groups in total. The minimum atomic E-state index is -1.35. The number of hydrogen-bond acceptors (Lipinski definition) is 3. The molecule has 4 heteroatoms. The Morgan fingerprint density at radius 2 is 2.00 bits per heavy atom. The first-order valence-electron chi connectivity index (χ1n) is 5.27. The van der Waals surface area contributed by atoms with Crippen molar-refractivity contribution in [1.29, 1.82) is 0 Å². The Morgan fingerprint density at radius 1 is 1.27 bits per heavy atom. The van der Waals surface area contributed by atoms with E-state index in [2.05, 4.69) is 6.92 Å². The summed E-state index contributed by atoms with van der Waals surface area (Å²) in [6, 6.07) is 7.48. The van der Waals surface area contributed by atoms with Gasteiger partial charge in [0.15, 0.2) is 0 Å². The minimum Gasteiger partial charge on any atom is -0.423 e. The quantitative estimate of drug-likeness (QED) is 0.566. The monoisotopic (exact) mass is 224 g/mol. The van der Waals surface area contributed by atoms with Crippen LogP contribution in [-0.4, -0.2) is 22.9 Å². The largest absolute Gasteiger partial charge is 0.488 e. The molecule has 0 fully saturated rings. The summed E-state index contributed by atoms with van der Waals surface area (Å²) in [6.45, 7) is 2.17. The predicted octanol–water partition coefficient (Wildman–Crippen LogP) is 1.40. The zero-order valence-electron chi connectivity index (χ0n) is 9.02.